The molecule has 0 aliphatic carbocycles. The number of nitrogens with zero attached hydrogens (tertiary/aromatic N) is 4. The average Bonchev–Trinajstić information content (AvgIpc) is 3.54. The van der Waals surface area contributed by atoms with Gasteiger partial charge in [-0.25, -0.2) is 0 Å². The Morgan fingerprint density at radius 2 is 1.35 bits per heavy atom. The van der Waals surface area contributed by atoms with Crippen molar-refractivity contribution in [2.75, 3.05) is 46.9 Å². The summed E-state index contributed by atoms with van der Waals surface area (Å²) in [5, 5.41) is 3.13. The number of hydrogen-bond donors (Lipinski definition) is 1. The Labute approximate surface area is 313 Å². The van der Waals surface area contributed by atoms with Crippen molar-refractivity contribution in [2.24, 2.45) is 9.98 Å². The number of anilines is 1. The summed E-state index contributed by atoms with van der Waals surface area (Å²) in [6.45, 7) is 1.08. The predicted molar refractivity (Wildman–Crippen MR) is 207 cm³/mol. The molecule has 276 valence electrons. The van der Waals surface area contributed by atoms with Crippen LogP contribution < -0.4 is 29.0 Å². The van der Waals surface area contributed by atoms with E-state index in [2.05, 4.69) is 23.5 Å². The summed E-state index contributed by atoms with van der Waals surface area (Å²) in [4.78, 5) is 40.6. The lowest BCUT2D eigenvalue weighted by molar-refractivity contribution is 0.0702. The van der Waals surface area contributed by atoms with Gasteiger partial charge in [-0.05, 0) is 65.1 Å². The smallest absolute Gasteiger partial charge is 0.260 e. The minimum atomic E-state index is -0.187. The largest absolute Gasteiger partial charge is 0.497 e. The second kappa shape index (κ2) is 14.6. The van der Waals surface area contributed by atoms with Crippen molar-refractivity contribution >= 4 is 46.9 Å². The second-order valence-corrected chi connectivity index (χ2v) is 13.5. The van der Waals surface area contributed by atoms with E-state index in [1.807, 2.05) is 54.8 Å². The number of hydrogen-bond acceptors (Lipinski definition) is 10. The molecule has 0 unspecified atom stereocenters. The van der Waals surface area contributed by atoms with Crippen molar-refractivity contribution < 1.29 is 33.3 Å². The lowest BCUT2D eigenvalue weighted by Crippen LogP contribution is -2.44. The van der Waals surface area contributed by atoms with Crippen LogP contribution in [0.15, 0.2) is 82.9 Å². The first-order valence-corrected chi connectivity index (χ1v) is 17.9. The zero-order valence-corrected chi connectivity index (χ0v) is 30.6. The first-order valence-electron chi connectivity index (χ1n) is 17.9. The van der Waals surface area contributed by atoms with Gasteiger partial charge in [-0.3, -0.25) is 19.6 Å². The summed E-state index contributed by atoms with van der Waals surface area (Å²) < 4.78 is 29.0. The van der Waals surface area contributed by atoms with Crippen LogP contribution in [0.2, 0.25) is 0 Å². The number of benzene rings is 4. The van der Waals surface area contributed by atoms with E-state index < -0.39 is 0 Å². The van der Waals surface area contributed by atoms with Crippen LogP contribution in [0.4, 0.5) is 17.1 Å². The van der Waals surface area contributed by atoms with E-state index >= 15 is 0 Å². The first-order chi connectivity index (χ1) is 26.4. The van der Waals surface area contributed by atoms with Crippen LogP contribution in [0.5, 0.6) is 28.7 Å². The molecule has 2 amide bonds. The van der Waals surface area contributed by atoms with E-state index in [4.69, 9.17) is 33.7 Å². The maximum Gasteiger partial charge on any atom is 0.260 e. The van der Waals surface area contributed by atoms with Crippen LogP contribution in [-0.2, 0) is 13.0 Å². The highest BCUT2D eigenvalue weighted by molar-refractivity contribution is 6.06. The van der Waals surface area contributed by atoms with Gasteiger partial charge in [0.1, 0.15) is 5.75 Å². The number of rotatable bonds is 11. The third-order valence-corrected chi connectivity index (χ3v) is 10.3. The minimum absolute atomic E-state index is 0.114. The van der Waals surface area contributed by atoms with Gasteiger partial charge >= 0.3 is 0 Å². The van der Waals surface area contributed by atoms with Gasteiger partial charge in [-0.2, -0.15) is 0 Å². The number of fused-ring (bicyclic) bond motifs is 5. The molecule has 0 bridgehead atoms. The van der Waals surface area contributed by atoms with Crippen molar-refractivity contribution in [2.45, 2.75) is 37.9 Å². The molecule has 4 aliphatic rings. The third-order valence-electron chi connectivity index (χ3n) is 10.3. The van der Waals surface area contributed by atoms with Crippen LogP contribution in [-0.4, -0.2) is 87.7 Å². The molecule has 54 heavy (non-hydrogen) atoms. The fourth-order valence-corrected chi connectivity index (χ4v) is 7.33. The Bertz CT molecular complexity index is 2210. The molecule has 12 nitrogen and oxygen atoms in total. The molecule has 0 saturated carbocycles. The normalized spacial score (nSPS) is 18.0. The Kier molecular flexibility index (Phi) is 9.41. The summed E-state index contributed by atoms with van der Waals surface area (Å²) in [5.74, 6) is 2.36. The SMILES string of the molecule is CNc1ccc(C2=CN3C(=O)c4cc(OC)c(OCCCOc5cc6c(cc5OC)C(=O)N5Cc7cc(OC)ccc7C[C@H]5C=N6)cc4N=C[C@@H]3C2)cc1. The monoisotopic (exact) mass is 727 g/mol. The number of carbonyl (C=O) groups is 2. The van der Waals surface area contributed by atoms with E-state index in [0.717, 1.165) is 28.1 Å². The van der Waals surface area contributed by atoms with E-state index in [1.165, 1.54) is 5.56 Å². The standard InChI is InChI=1S/C42H41N5O7/c1-43-29-9-6-25(7-10-29)27-15-31-22-45-36-20-40(37(51-3)17-33(36)41(48)46(31)23-27)54-13-5-12-53-39-19-35-34(18-38(39)52-4)42(49)47-24-28-16-32(50-2)11-8-26(28)14-30(47)21-44-35/h6-11,16-23,30-31,43H,5,12-15,24H2,1-4H3/t30-,31-/m0/s1. The van der Waals surface area contributed by atoms with Crippen LogP contribution in [0.1, 0.15) is 50.2 Å². The van der Waals surface area contributed by atoms with E-state index in [1.54, 1.807) is 50.5 Å². The van der Waals surface area contributed by atoms with Crippen LogP contribution in [0.25, 0.3) is 5.57 Å². The van der Waals surface area contributed by atoms with Crippen LogP contribution in [0.3, 0.4) is 0 Å². The third kappa shape index (κ3) is 6.48. The molecule has 4 aromatic rings. The number of ether oxygens (including phenoxy) is 5. The van der Waals surface area contributed by atoms with Gasteiger partial charge < -0.3 is 38.8 Å². The summed E-state index contributed by atoms with van der Waals surface area (Å²) in [5.41, 5.74) is 7.38. The molecular formula is C42H41N5O7. The van der Waals surface area contributed by atoms with E-state index in [-0.39, 0.29) is 23.9 Å². The maximum atomic E-state index is 13.8. The number of amides is 2. The zero-order valence-electron chi connectivity index (χ0n) is 30.6. The van der Waals surface area contributed by atoms with Gasteiger partial charge in [0.25, 0.3) is 11.8 Å². The number of nitrogens with one attached hydrogen (secondary N) is 1. The Morgan fingerprint density at radius 3 is 1.98 bits per heavy atom. The predicted octanol–water partition coefficient (Wildman–Crippen LogP) is 6.86. The van der Waals surface area contributed by atoms with Crippen molar-refractivity contribution in [3.05, 3.63) is 101 Å². The van der Waals surface area contributed by atoms with Gasteiger partial charge in [-0.1, -0.05) is 18.2 Å². The highest BCUT2D eigenvalue weighted by atomic mass is 16.5. The minimum Gasteiger partial charge on any atom is -0.497 e. The lowest BCUT2D eigenvalue weighted by atomic mass is 9.94. The van der Waals surface area contributed by atoms with E-state index in [0.29, 0.717) is 84.5 Å². The molecule has 0 aromatic heterocycles. The van der Waals surface area contributed by atoms with Gasteiger partial charge in [0.15, 0.2) is 23.0 Å². The lowest BCUT2D eigenvalue weighted by Gasteiger charge is -2.34. The fraction of sp³-hybridized carbons (Fsp3) is 0.286. The molecule has 0 radical (unpaired) electrons. The summed E-state index contributed by atoms with van der Waals surface area (Å²) in [6.07, 6.45) is 7.46. The fourth-order valence-electron chi connectivity index (χ4n) is 7.33. The number of carbonyl (C=O) groups excluding carboxylic acids is 2. The molecule has 4 heterocycles. The number of methoxy groups -OCH3 is 3. The Morgan fingerprint density at radius 1 is 0.704 bits per heavy atom. The topological polar surface area (TPSA) is 124 Å². The van der Waals surface area contributed by atoms with Crippen LogP contribution >= 0.6 is 0 Å². The van der Waals surface area contributed by atoms with Crippen molar-refractivity contribution in [3.8, 4) is 28.7 Å². The quantitative estimate of drug-likeness (QED) is 0.166. The second-order valence-electron chi connectivity index (χ2n) is 13.5. The molecule has 8 rings (SSSR count). The highest BCUT2D eigenvalue weighted by Gasteiger charge is 2.35. The van der Waals surface area contributed by atoms with Gasteiger partial charge in [0.05, 0.1) is 69.1 Å². The summed E-state index contributed by atoms with van der Waals surface area (Å²) in [7, 11) is 6.62. The summed E-state index contributed by atoms with van der Waals surface area (Å²) >= 11 is 0. The molecule has 12 heteroatoms. The highest BCUT2D eigenvalue weighted by Crippen LogP contribution is 2.41. The Balaban J connectivity index is 0.916. The van der Waals surface area contributed by atoms with Gasteiger partial charge in [0, 0.05) is 62.9 Å². The van der Waals surface area contributed by atoms with Crippen molar-refractivity contribution in [1.29, 1.82) is 0 Å². The molecule has 4 aromatic carbocycles. The maximum absolute atomic E-state index is 13.8. The Hall–Kier alpha value is -6.30. The molecular weight excluding hydrogens is 686 g/mol. The van der Waals surface area contributed by atoms with Gasteiger partial charge in [0.2, 0.25) is 0 Å². The summed E-state index contributed by atoms with van der Waals surface area (Å²) in [6, 6.07) is 20.7. The molecule has 2 atom stereocenters. The van der Waals surface area contributed by atoms with Crippen LogP contribution in [0, 0.1) is 0 Å². The molecule has 4 aliphatic heterocycles. The van der Waals surface area contributed by atoms with Gasteiger partial charge in [-0.15, -0.1) is 0 Å². The van der Waals surface area contributed by atoms with E-state index in [9.17, 15) is 9.59 Å². The molecule has 0 saturated heterocycles. The molecule has 0 spiro atoms. The number of aliphatic imine (C=N–C) groups is 2. The van der Waals surface area contributed by atoms with Crippen molar-refractivity contribution in [3.63, 3.8) is 0 Å². The zero-order chi connectivity index (χ0) is 37.3. The average molecular weight is 728 g/mol. The molecule has 0 fully saturated rings. The van der Waals surface area contributed by atoms with Crippen molar-refractivity contribution in [1.82, 2.24) is 9.80 Å². The first kappa shape index (κ1) is 34.8. The molecule has 1 N–H and O–H groups in total.